The summed E-state index contributed by atoms with van der Waals surface area (Å²) in [7, 11) is 0. The molecule has 0 unspecified atom stereocenters. The lowest BCUT2D eigenvalue weighted by molar-refractivity contribution is -0.120. The van der Waals surface area contributed by atoms with Crippen LogP contribution >= 0.6 is 0 Å². The van der Waals surface area contributed by atoms with Gasteiger partial charge in [-0.15, -0.1) is 0 Å². The molecule has 4 rings (SSSR count). The smallest absolute Gasteiger partial charge is 0.259 e. The lowest BCUT2D eigenvalue weighted by Gasteiger charge is -2.08. The third kappa shape index (κ3) is 4.95. The van der Waals surface area contributed by atoms with E-state index in [4.69, 9.17) is 9.47 Å². The molecule has 0 bridgehead atoms. The number of nitrogens with zero attached hydrogens (tertiary/aromatic N) is 1. The molecule has 7 nitrogen and oxygen atoms in total. The topological polar surface area (TPSA) is 89.0 Å². The number of amides is 2. The largest absolute Gasteiger partial charge is 0.454 e. The van der Waals surface area contributed by atoms with Crippen LogP contribution < -0.4 is 20.2 Å². The monoisotopic (exact) mass is 429 g/mol. The fraction of sp³-hybridized carbons (Fsp3) is 0.160. The van der Waals surface area contributed by atoms with Gasteiger partial charge in [0.1, 0.15) is 0 Å². The first kappa shape index (κ1) is 21.1. The molecule has 1 heterocycles. The first-order valence-electron chi connectivity index (χ1n) is 10.3. The summed E-state index contributed by atoms with van der Waals surface area (Å²) in [6, 6.07) is 23.0. The summed E-state index contributed by atoms with van der Waals surface area (Å²) in [5.41, 5.74) is 6.83. The molecule has 2 N–H and O–H groups in total. The average molecular weight is 429 g/mol. The van der Waals surface area contributed by atoms with Gasteiger partial charge >= 0.3 is 0 Å². The SMILES string of the molecule is CCC(=NNC(=O)CNC(=O)c1ccc2c(c1)OCO2)c1ccc(-c2ccccc2)cc1. The second-order valence-electron chi connectivity index (χ2n) is 7.14. The van der Waals surface area contributed by atoms with Gasteiger partial charge < -0.3 is 14.8 Å². The third-order valence-corrected chi connectivity index (χ3v) is 5.02. The van der Waals surface area contributed by atoms with Crippen LogP contribution in [0.5, 0.6) is 11.5 Å². The molecule has 1 aliphatic rings. The summed E-state index contributed by atoms with van der Waals surface area (Å²) in [4.78, 5) is 24.5. The van der Waals surface area contributed by atoms with Crippen molar-refractivity contribution in [3.05, 3.63) is 83.9 Å². The van der Waals surface area contributed by atoms with Crippen molar-refractivity contribution in [1.29, 1.82) is 0 Å². The first-order chi connectivity index (χ1) is 15.6. The van der Waals surface area contributed by atoms with Crippen LogP contribution in [0.3, 0.4) is 0 Å². The third-order valence-electron chi connectivity index (χ3n) is 5.02. The molecule has 1 aliphatic heterocycles. The Bertz CT molecular complexity index is 1140. The van der Waals surface area contributed by atoms with Crippen molar-refractivity contribution in [2.75, 3.05) is 13.3 Å². The molecule has 3 aromatic rings. The second kappa shape index (κ2) is 9.78. The Morgan fingerprint density at radius 1 is 0.875 bits per heavy atom. The Balaban J connectivity index is 1.33. The van der Waals surface area contributed by atoms with E-state index >= 15 is 0 Å². The number of hydrogen-bond donors (Lipinski definition) is 2. The van der Waals surface area contributed by atoms with Crippen LogP contribution in [0.15, 0.2) is 77.9 Å². The number of rotatable bonds is 7. The van der Waals surface area contributed by atoms with Crippen molar-refractivity contribution in [1.82, 2.24) is 10.7 Å². The lowest BCUT2D eigenvalue weighted by atomic mass is 10.0. The van der Waals surface area contributed by atoms with Crippen LogP contribution in [0.2, 0.25) is 0 Å². The van der Waals surface area contributed by atoms with Crippen molar-refractivity contribution < 1.29 is 19.1 Å². The lowest BCUT2D eigenvalue weighted by Crippen LogP contribution is -2.35. The molecule has 32 heavy (non-hydrogen) atoms. The number of hydrogen-bond acceptors (Lipinski definition) is 5. The van der Waals surface area contributed by atoms with E-state index in [1.54, 1.807) is 18.2 Å². The molecule has 0 aromatic heterocycles. The summed E-state index contributed by atoms with van der Waals surface area (Å²) in [5, 5.41) is 6.82. The highest BCUT2D eigenvalue weighted by molar-refractivity contribution is 6.01. The summed E-state index contributed by atoms with van der Waals surface area (Å²) in [5.74, 6) is 0.315. The van der Waals surface area contributed by atoms with Crippen molar-refractivity contribution in [3.8, 4) is 22.6 Å². The van der Waals surface area contributed by atoms with E-state index < -0.39 is 5.91 Å². The van der Waals surface area contributed by atoms with E-state index in [-0.39, 0.29) is 19.2 Å². The van der Waals surface area contributed by atoms with Crippen LogP contribution in [-0.2, 0) is 4.79 Å². The van der Waals surface area contributed by atoms with E-state index in [2.05, 4.69) is 28.0 Å². The molecule has 0 spiro atoms. The van der Waals surface area contributed by atoms with Gasteiger partial charge in [0, 0.05) is 5.56 Å². The van der Waals surface area contributed by atoms with Crippen LogP contribution in [0.4, 0.5) is 0 Å². The fourth-order valence-electron chi connectivity index (χ4n) is 3.30. The number of carbonyl (C=O) groups is 2. The average Bonchev–Trinajstić information content (AvgIpc) is 3.32. The van der Waals surface area contributed by atoms with Gasteiger partial charge in [-0.05, 0) is 41.3 Å². The molecule has 162 valence electrons. The molecule has 0 radical (unpaired) electrons. The number of nitrogens with one attached hydrogen (secondary N) is 2. The standard InChI is InChI=1S/C25H23N3O4/c1-2-21(19-10-8-18(9-11-19)17-6-4-3-5-7-17)27-28-24(29)15-26-25(30)20-12-13-22-23(14-20)32-16-31-22/h3-14H,2,15-16H2,1H3,(H,26,30)(H,28,29). The van der Waals surface area contributed by atoms with Crippen molar-refractivity contribution in [3.63, 3.8) is 0 Å². The van der Waals surface area contributed by atoms with E-state index in [9.17, 15) is 9.59 Å². The number of carbonyl (C=O) groups excluding carboxylic acids is 2. The minimum absolute atomic E-state index is 0.134. The zero-order chi connectivity index (χ0) is 22.3. The molecule has 0 saturated heterocycles. The maximum Gasteiger partial charge on any atom is 0.259 e. The van der Waals surface area contributed by atoms with Gasteiger partial charge in [0.05, 0.1) is 12.3 Å². The van der Waals surface area contributed by atoms with E-state index in [0.29, 0.717) is 23.5 Å². The quantitative estimate of drug-likeness (QED) is 0.442. The minimum Gasteiger partial charge on any atom is -0.454 e. The van der Waals surface area contributed by atoms with E-state index in [0.717, 1.165) is 22.4 Å². The molecule has 0 aliphatic carbocycles. The number of benzene rings is 3. The number of hydrazone groups is 1. The molecule has 0 fully saturated rings. The normalized spacial score (nSPS) is 12.3. The van der Waals surface area contributed by atoms with Gasteiger partial charge in [0.15, 0.2) is 11.5 Å². The number of ether oxygens (including phenoxy) is 2. The van der Waals surface area contributed by atoms with Crippen molar-refractivity contribution in [2.45, 2.75) is 13.3 Å². The second-order valence-corrected chi connectivity index (χ2v) is 7.14. The Kier molecular flexibility index (Phi) is 6.46. The predicted molar refractivity (Wildman–Crippen MR) is 122 cm³/mol. The summed E-state index contributed by atoms with van der Waals surface area (Å²) in [6.07, 6.45) is 0.647. The molecule has 3 aromatic carbocycles. The van der Waals surface area contributed by atoms with Crippen molar-refractivity contribution in [2.24, 2.45) is 5.10 Å². The molecule has 7 heteroatoms. The van der Waals surface area contributed by atoms with Gasteiger partial charge in [-0.2, -0.15) is 5.10 Å². The molecule has 0 atom stereocenters. The van der Waals surface area contributed by atoms with E-state index in [1.807, 2.05) is 49.4 Å². The highest BCUT2D eigenvalue weighted by Crippen LogP contribution is 2.32. The zero-order valence-electron chi connectivity index (χ0n) is 17.6. The summed E-state index contributed by atoms with van der Waals surface area (Å²) in [6.45, 7) is 1.91. The molecular weight excluding hydrogens is 406 g/mol. The van der Waals surface area contributed by atoms with Gasteiger partial charge in [-0.25, -0.2) is 5.43 Å². The van der Waals surface area contributed by atoms with Crippen LogP contribution in [0.1, 0.15) is 29.3 Å². The van der Waals surface area contributed by atoms with Gasteiger partial charge in [-0.1, -0.05) is 61.5 Å². The zero-order valence-corrected chi connectivity index (χ0v) is 17.6. The fourth-order valence-corrected chi connectivity index (χ4v) is 3.30. The van der Waals surface area contributed by atoms with Gasteiger partial charge in [0.2, 0.25) is 6.79 Å². The molecule has 0 saturated carbocycles. The highest BCUT2D eigenvalue weighted by Gasteiger charge is 2.16. The first-order valence-corrected chi connectivity index (χ1v) is 10.3. The number of fused-ring (bicyclic) bond motifs is 1. The molecular formula is C25H23N3O4. The van der Waals surface area contributed by atoms with Crippen LogP contribution in [0, 0.1) is 0 Å². The summed E-state index contributed by atoms with van der Waals surface area (Å²) >= 11 is 0. The van der Waals surface area contributed by atoms with Gasteiger partial charge in [0.25, 0.3) is 11.8 Å². The summed E-state index contributed by atoms with van der Waals surface area (Å²) < 4.78 is 10.5. The van der Waals surface area contributed by atoms with Crippen LogP contribution in [-0.4, -0.2) is 30.9 Å². The maximum atomic E-state index is 12.3. The Morgan fingerprint density at radius 3 is 2.31 bits per heavy atom. The Morgan fingerprint density at radius 2 is 1.56 bits per heavy atom. The minimum atomic E-state index is -0.411. The van der Waals surface area contributed by atoms with Crippen molar-refractivity contribution >= 4 is 17.5 Å². The van der Waals surface area contributed by atoms with E-state index in [1.165, 1.54) is 0 Å². The Hall–Kier alpha value is -4.13. The maximum absolute atomic E-state index is 12.3. The predicted octanol–water partition coefficient (Wildman–Crippen LogP) is 3.74. The van der Waals surface area contributed by atoms with Crippen LogP contribution in [0.25, 0.3) is 11.1 Å². The highest BCUT2D eigenvalue weighted by atomic mass is 16.7. The Labute approximate surface area is 186 Å². The molecule has 2 amide bonds. The van der Waals surface area contributed by atoms with Gasteiger partial charge in [-0.3, -0.25) is 9.59 Å².